The van der Waals surface area contributed by atoms with Gasteiger partial charge in [0, 0.05) is 34.6 Å². The van der Waals surface area contributed by atoms with Crippen LogP contribution in [0.5, 0.6) is 11.5 Å². The molecule has 0 aliphatic carbocycles. The van der Waals surface area contributed by atoms with Crippen molar-refractivity contribution in [3.05, 3.63) is 65.9 Å². The van der Waals surface area contributed by atoms with E-state index in [9.17, 15) is 4.79 Å². The molecular weight excluding hydrogens is 382 g/mol. The monoisotopic (exact) mass is 403 g/mol. The number of ether oxygens (including phenoxy) is 2. The van der Waals surface area contributed by atoms with Gasteiger partial charge >= 0.3 is 0 Å². The summed E-state index contributed by atoms with van der Waals surface area (Å²) in [6.45, 7) is 1.92. The molecule has 0 radical (unpaired) electrons. The van der Waals surface area contributed by atoms with Gasteiger partial charge < -0.3 is 20.5 Å². The van der Waals surface area contributed by atoms with Gasteiger partial charge in [-0.15, -0.1) is 0 Å². The number of methoxy groups -OCH3 is 2. The predicted molar refractivity (Wildman–Crippen MR) is 115 cm³/mol. The van der Waals surface area contributed by atoms with Crippen molar-refractivity contribution < 1.29 is 14.3 Å². The molecule has 0 bridgehead atoms. The van der Waals surface area contributed by atoms with Crippen LogP contribution in [-0.2, 0) is 0 Å². The number of carbonyl (C=O) groups is 1. The minimum Gasteiger partial charge on any atom is -0.493 e. The van der Waals surface area contributed by atoms with Crippen LogP contribution in [0.3, 0.4) is 0 Å². The fraction of sp³-hybridized carbons (Fsp3) is 0.136. The van der Waals surface area contributed by atoms with Crippen LogP contribution in [0.4, 0.5) is 11.5 Å². The number of aryl methyl sites for hydroxylation is 1. The highest BCUT2D eigenvalue weighted by molar-refractivity contribution is 5.93. The molecule has 4 rings (SSSR count). The van der Waals surface area contributed by atoms with E-state index in [2.05, 4.69) is 10.3 Å². The molecule has 0 aliphatic heterocycles. The molecule has 4 aromatic rings. The number of benzene rings is 2. The second kappa shape index (κ2) is 7.75. The Morgan fingerprint density at radius 2 is 1.73 bits per heavy atom. The third kappa shape index (κ3) is 3.62. The number of anilines is 2. The molecule has 8 nitrogen and oxygen atoms in total. The van der Waals surface area contributed by atoms with Gasteiger partial charge in [-0.1, -0.05) is 0 Å². The maximum Gasteiger partial charge on any atom is 0.248 e. The molecule has 152 valence electrons. The van der Waals surface area contributed by atoms with Crippen molar-refractivity contribution >= 4 is 23.1 Å². The van der Waals surface area contributed by atoms with Crippen molar-refractivity contribution in [2.75, 3.05) is 19.5 Å². The van der Waals surface area contributed by atoms with Crippen LogP contribution in [0.2, 0.25) is 0 Å². The van der Waals surface area contributed by atoms with E-state index in [0.29, 0.717) is 22.7 Å². The van der Waals surface area contributed by atoms with Gasteiger partial charge in [0.15, 0.2) is 17.1 Å². The number of nitrogens with one attached hydrogen (secondary N) is 1. The SMILES string of the molecule is COc1ccc(-c2cc3nc(C)cc(Nc4ccc(C(N)=O)cc4)n3n2)cc1OC. The summed E-state index contributed by atoms with van der Waals surface area (Å²) in [4.78, 5) is 15.9. The minimum atomic E-state index is -0.463. The van der Waals surface area contributed by atoms with Crippen LogP contribution in [0.15, 0.2) is 54.6 Å². The number of amides is 1. The van der Waals surface area contributed by atoms with Crippen molar-refractivity contribution in [1.82, 2.24) is 14.6 Å². The normalized spacial score (nSPS) is 10.8. The van der Waals surface area contributed by atoms with Crippen LogP contribution >= 0.6 is 0 Å². The van der Waals surface area contributed by atoms with Crippen molar-refractivity contribution in [1.29, 1.82) is 0 Å². The van der Waals surface area contributed by atoms with Gasteiger partial charge in [0.25, 0.3) is 0 Å². The molecule has 2 heterocycles. The van der Waals surface area contributed by atoms with Crippen LogP contribution in [0, 0.1) is 6.92 Å². The fourth-order valence-electron chi connectivity index (χ4n) is 3.19. The summed E-state index contributed by atoms with van der Waals surface area (Å²) in [6, 6.07) is 16.4. The van der Waals surface area contributed by atoms with E-state index in [1.54, 1.807) is 43.0 Å². The highest BCUT2D eigenvalue weighted by atomic mass is 16.5. The zero-order valence-corrected chi connectivity index (χ0v) is 16.8. The van der Waals surface area contributed by atoms with E-state index < -0.39 is 5.91 Å². The quantitative estimate of drug-likeness (QED) is 0.510. The van der Waals surface area contributed by atoms with Gasteiger partial charge in [0.1, 0.15) is 5.82 Å². The lowest BCUT2D eigenvalue weighted by Gasteiger charge is -2.10. The van der Waals surface area contributed by atoms with Crippen LogP contribution < -0.4 is 20.5 Å². The number of fused-ring (bicyclic) bond motifs is 1. The van der Waals surface area contributed by atoms with Crippen LogP contribution in [-0.4, -0.2) is 34.7 Å². The Kier molecular flexibility index (Phi) is 4.97. The van der Waals surface area contributed by atoms with Gasteiger partial charge in [-0.3, -0.25) is 4.79 Å². The molecule has 0 aliphatic rings. The molecule has 0 saturated heterocycles. The molecule has 0 unspecified atom stereocenters. The highest BCUT2D eigenvalue weighted by Gasteiger charge is 2.13. The number of aromatic nitrogens is 3. The molecule has 8 heteroatoms. The number of rotatable bonds is 6. The van der Waals surface area contributed by atoms with Crippen LogP contribution in [0.1, 0.15) is 16.1 Å². The molecule has 0 spiro atoms. The third-order valence-corrected chi connectivity index (χ3v) is 4.68. The second-order valence-corrected chi connectivity index (χ2v) is 6.72. The maximum atomic E-state index is 11.3. The largest absolute Gasteiger partial charge is 0.493 e. The smallest absolute Gasteiger partial charge is 0.248 e. The first-order chi connectivity index (χ1) is 14.5. The lowest BCUT2D eigenvalue weighted by Crippen LogP contribution is -2.10. The van der Waals surface area contributed by atoms with Gasteiger partial charge in [0.2, 0.25) is 5.91 Å². The molecule has 0 atom stereocenters. The number of nitrogens with zero attached hydrogens (tertiary/aromatic N) is 3. The average molecular weight is 403 g/mol. The Balaban J connectivity index is 1.73. The van der Waals surface area contributed by atoms with Crippen molar-refractivity contribution in [3.8, 4) is 22.8 Å². The topological polar surface area (TPSA) is 104 Å². The summed E-state index contributed by atoms with van der Waals surface area (Å²) < 4.78 is 12.4. The Morgan fingerprint density at radius 1 is 1.00 bits per heavy atom. The Bertz CT molecular complexity index is 1230. The summed E-state index contributed by atoms with van der Waals surface area (Å²) in [5, 5.41) is 8.04. The Hall–Kier alpha value is -4.07. The first kappa shape index (κ1) is 19.3. The predicted octanol–water partition coefficient (Wildman–Crippen LogP) is 3.56. The van der Waals surface area contributed by atoms with Crippen LogP contribution in [0.25, 0.3) is 16.9 Å². The molecule has 2 aromatic carbocycles. The minimum absolute atomic E-state index is 0.450. The fourth-order valence-corrected chi connectivity index (χ4v) is 3.19. The zero-order valence-electron chi connectivity index (χ0n) is 16.8. The van der Waals surface area contributed by atoms with Gasteiger partial charge in [-0.25, -0.2) is 4.98 Å². The number of hydrogen-bond donors (Lipinski definition) is 2. The molecular formula is C22H21N5O3. The Morgan fingerprint density at radius 3 is 2.40 bits per heavy atom. The van der Waals surface area contributed by atoms with E-state index in [0.717, 1.165) is 28.5 Å². The summed E-state index contributed by atoms with van der Waals surface area (Å²) in [5.74, 6) is 1.57. The number of primary amides is 1. The van der Waals surface area contributed by atoms with Crippen molar-refractivity contribution in [2.45, 2.75) is 6.92 Å². The highest BCUT2D eigenvalue weighted by Crippen LogP contribution is 2.32. The lowest BCUT2D eigenvalue weighted by atomic mass is 10.1. The van der Waals surface area contributed by atoms with E-state index in [1.807, 2.05) is 37.3 Å². The van der Waals surface area contributed by atoms with E-state index in [4.69, 9.17) is 20.3 Å². The molecule has 30 heavy (non-hydrogen) atoms. The third-order valence-electron chi connectivity index (χ3n) is 4.68. The van der Waals surface area contributed by atoms with E-state index in [-0.39, 0.29) is 0 Å². The second-order valence-electron chi connectivity index (χ2n) is 6.72. The van der Waals surface area contributed by atoms with Crippen molar-refractivity contribution in [3.63, 3.8) is 0 Å². The summed E-state index contributed by atoms with van der Waals surface area (Å²) in [7, 11) is 3.20. The van der Waals surface area contributed by atoms with Gasteiger partial charge in [0.05, 0.1) is 19.9 Å². The maximum absolute atomic E-state index is 11.3. The first-order valence-corrected chi connectivity index (χ1v) is 9.25. The standard InChI is InChI=1S/C22H21N5O3/c1-13-10-20(25-16-7-4-14(5-8-16)22(23)28)27-21(24-13)12-17(26-27)15-6-9-18(29-2)19(11-15)30-3/h4-12,25H,1-3H3,(H2,23,28). The van der Waals surface area contributed by atoms with E-state index in [1.165, 1.54) is 0 Å². The first-order valence-electron chi connectivity index (χ1n) is 9.25. The summed E-state index contributed by atoms with van der Waals surface area (Å²) in [6.07, 6.45) is 0. The molecule has 2 aromatic heterocycles. The zero-order chi connectivity index (χ0) is 21.3. The van der Waals surface area contributed by atoms with Gasteiger partial charge in [-0.05, 0) is 49.4 Å². The number of nitrogens with two attached hydrogens (primary N) is 1. The summed E-state index contributed by atoms with van der Waals surface area (Å²) >= 11 is 0. The average Bonchev–Trinajstić information content (AvgIpc) is 3.17. The molecule has 0 fully saturated rings. The molecule has 1 amide bonds. The Labute approximate surface area is 173 Å². The van der Waals surface area contributed by atoms with E-state index >= 15 is 0 Å². The molecule has 0 saturated carbocycles. The van der Waals surface area contributed by atoms with Crippen molar-refractivity contribution in [2.24, 2.45) is 5.73 Å². The molecule has 3 N–H and O–H groups in total. The summed E-state index contributed by atoms with van der Waals surface area (Å²) in [5.41, 5.74) is 9.74. The number of carbonyl (C=O) groups excluding carboxylic acids is 1. The lowest BCUT2D eigenvalue weighted by molar-refractivity contribution is 0.100. The number of hydrogen-bond acceptors (Lipinski definition) is 6. The van der Waals surface area contributed by atoms with Gasteiger partial charge in [-0.2, -0.15) is 9.61 Å².